The molecule has 0 aliphatic carbocycles. The molecule has 0 saturated heterocycles. The van der Waals surface area contributed by atoms with Crippen molar-refractivity contribution in [2.24, 2.45) is 0 Å². The van der Waals surface area contributed by atoms with E-state index in [1.807, 2.05) is 0 Å². The van der Waals surface area contributed by atoms with Gasteiger partial charge in [0.2, 0.25) is 0 Å². The van der Waals surface area contributed by atoms with Gasteiger partial charge in [0.25, 0.3) is 0 Å². The van der Waals surface area contributed by atoms with Crippen molar-refractivity contribution in [3.63, 3.8) is 0 Å². The maximum atomic E-state index is 8.24. The maximum Gasteiger partial charge on any atom is 3.00 e. The minimum Gasteiger partial charge on any atom is -0.665 e. The van der Waals surface area contributed by atoms with Gasteiger partial charge in [0, 0.05) is 0 Å². The number of hydrogen-bond acceptors (Lipinski definition) is 3. The molecule has 0 spiro atoms. The minimum atomic E-state index is 0. The Balaban J connectivity index is -0.0000000150. The summed E-state index contributed by atoms with van der Waals surface area (Å²) in [7, 11) is 0. The van der Waals surface area contributed by atoms with Crippen LogP contribution in [0.1, 0.15) is 0 Å². The summed E-state index contributed by atoms with van der Waals surface area (Å²) < 4.78 is 0. The molecule has 0 rings (SSSR count). The molecule has 5 N–H and O–H groups in total. The van der Waals surface area contributed by atoms with Crippen molar-refractivity contribution >= 4 is 19.4 Å². The van der Waals surface area contributed by atoms with Gasteiger partial charge >= 0.3 is 17.4 Å². The molecule has 0 unspecified atom stereocenters. The van der Waals surface area contributed by atoms with Crippen LogP contribution in [0.25, 0.3) is 0 Å². The van der Waals surface area contributed by atoms with Crippen molar-refractivity contribution < 1.29 is 52.5 Å². The number of hydrogen-bond donors (Lipinski definition) is 3. The summed E-state index contributed by atoms with van der Waals surface area (Å²) in [5.41, 5.74) is 0. The predicted octanol–water partition coefficient (Wildman–Crippen LogP) is -1.99. The van der Waals surface area contributed by atoms with Gasteiger partial charge in [-0.25, -0.2) is 0 Å². The molecule has 0 atom stereocenters. The first-order valence-corrected chi connectivity index (χ1v) is 1.28. The van der Waals surface area contributed by atoms with Crippen LogP contribution in [-0.4, -0.2) is 40.2 Å². The first-order chi connectivity index (χ1) is 4.24. The van der Waals surface area contributed by atoms with E-state index in [0.29, 0.717) is 19.4 Å². The van der Waals surface area contributed by atoms with Gasteiger partial charge in [-0.2, -0.15) is 0 Å². The van der Waals surface area contributed by atoms with Crippen molar-refractivity contribution in [2.75, 3.05) is 0 Å². The third kappa shape index (κ3) is 352. The average Bonchev–Trinajstić information content (AvgIpc) is 1.70. The largest absolute Gasteiger partial charge is 3.00 e. The Morgan fingerprint density at radius 3 is 0.727 bits per heavy atom. The Morgan fingerprint density at radius 2 is 0.727 bits per heavy atom. The van der Waals surface area contributed by atoms with Crippen LogP contribution in [0.5, 0.6) is 0 Å². The Morgan fingerprint density at radius 1 is 0.727 bits per heavy atom. The van der Waals surface area contributed by atoms with E-state index in [-0.39, 0.29) is 22.8 Å². The van der Waals surface area contributed by atoms with Crippen molar-refractivity contribution in [3.05, 3.63) is 0 Å². The predicted molar refractivity (Wildman–Crippen MR) is 28.6 cm³/mol. The van der Waals surface area contributed by atoms with Gasteiger partial charge in [-0.1, -0.05) is 19.4 Å². The first-order valence-electron chi connectivity index (χ1n) is 1.28. The molecule has 11 heavy (non-hydrogen) atoms. The summed E-state index contributed by atoms with van der Waals surface area (Å²) in [6.45, 7) is 1.50. The van der Waals surface area contributed by atoms with Crippen molar-refractivity contribution in [1.29, 1.82) is 0 Å². The summed E-state index contributed by atoms with van der Waals surface area (Å²) in [6.07, 6.45) is 0. The summed E-state index contributed by atoms with van der Waals surface area (Å²) in [4.78, 5) is 24.7. The molecule has 0 amide bonds. The first kappa shape index (κ1) is 32.7. The third-order valence-corrected chi connectivity index (χ3v) is 0. The molecule has 0 aliphatic heterocycles. The topological polar surface area (TPSA) is 143 Å². The van der Waals surface area contributed by atoms with Gasteiger partial charge in [-0.05, 0) is 0 Å². The third-order valence-electron chi connectivity index (χ3n) is 0. The minimum absolute atomic E-state index is 0. The second-order valence-corrected chi connectivity index (χ2v) is 0.274. The van der Waals surface area contributed by atoms with Crippen LogP contribution in [0, 0.1) is 0 Å². The van der Waals surface area contributed by atoms with E-state index >= 15 is 0 Å². The molecular formula is C3H5CrO7. The monoisotopic (exact) mass is 205 g/mol. The Hall–Kier alpha value is -1.10. The Kier molecular flexibility index (Phi) is 456. The molecule has 0 aromatic rings. The average molecular weight is 205 g/mol. The molecule has 0 heterocycles. The zero-order chi connectivity index (χ0) is 8.12. The molecule has 1 radical (unpaired) electrons. The standard InChI is InChI=1S/3CHO2.Cr.H2O/c3*2-1-3;;/h3*(H,2,3);;1H2/q3*-1;+3;. The molecule has 8 heteroatoms. The van der Waals surface area contributed by atoms with E-state index in [1.54, 1.807) is 0 Å². The van der Waals surface area contributed by atoms with Crippen molar-refractivity contribution in [1.82, 2.24) is 0 Å². The Bertz CT molecular complexity index is 50.4. The van der Waals surface area contributed by atoms with Gasteiger partial charge in [-0.15, -0.1) is 0 Å². The van der Waals surface area contributed by atoms with Crippen LogP contribution in [0.3, 0.4) is 0 Å². The Labute approximate surface area is 72.7 Å². The van der Waals surface area contributed by atoms with E-state index in [0.717, 1.165) is 0 Å². The van der Waals surface area contributed by atoms with Crippen LogP contribution >= 0.6 is 0 Å². The second kappa shape index (κ2) is 154. The zero-order valence-electron chi connectivity index (χ0n) is 4.97. The van der Waals surface area contributed by atoms with Gasteiger partial charge in [0.15, 0.2) is 0 Å². The molecule has 7 nitrogen and oxygen atoms in total. The van der Waals surface area contributed by atoms with E-state index < -0.39 is 0 Å². The summed E-state index contributed by atoms with van der Waals surface area (Å²) in [5, 5.41) is 20.3. The van der Waals surface area contributed by atoms with Crippen LogP contribution in [0.15, 0.2) is 0 Å². The zero-order valence-corrected chi connectivity index (χ0v) is 6.25. The smallest absolute Gasteiger partial charge is 0.665 e. The van der Waals surface area contributed by atoms with Crippen LogP contribution in [0.2, 0.25) is 0 Å². The van der Waals surface area contributed by atoms with E-state index in [9.17, 15) is 0 Å². The van der Waals surface area contributed by atoms with Gasteiger partial charge in [0.1, 0.15) is 0 Å². The molecule has 0 fully saturated rings. The van der Waals surface area contributed by atoms with Crippen molar-refractivity contribution in [2.45, 2.75) is 0 Å². The van der Waals surface area contributed by atoms with Gasteiger partial charge in [-0.3, -0.25) is 0 Å². The SMILES string of the molecule is O.O=[C-]O.O=[C-]O.O=[C-]O.[Cr+3]. The molecule has 0 aliphatic rings. The maximum absolute atomic E-state index is 8.24. The quantitative estimate of drug-likeness (QED) is 0.390. The fourth-order valence-corrected chi connectivity index (χ4v) is 0. The second-order valence-electron chi connectivity index (χ2n) is 0.274. The van der Waals surface area contributed by atoms with E-state index in [1.165, 1.54) is 0 Å². The van der Waals surface area contributed by atoms with Gasteiger partial charge in [0.05, 0.1) is 0 Å². The molecule has 0 aromatic heterocycles. The molecule has 0 aromatic carbocycles. The summed E-state index contributed by atoms with van der Waals surface area (Å²) in [6, 6.07) is 0. The fraction of sp³-hybridized carbons (Fsp3) is 0. The number of rotatable bonds is 0. The van der Waals surface area contributed by atoms with Crippen LogP contribution in [0.4, 0.5) is 0 Å². The molecule has 0 bridgehead atoms. The summed E-state index contributed by atoms with van der Waals surface area (Å²) in [5.74, 6) is 0. The fourth-order valence-electron chi connectivity index (χ4n) is 0. The summed E-state index contributed by atoms with van der Waals surface area (Å²) >= 11 is 0. The number of aliphatic hydroxyl groups excluding tert-OH is 3. The molecule has 0 saturated carbocycles. The molecule has 65 valence electrons. The van der Waals surface area contributed by atoms with Crippen LogP contribution in [-0.2, 0) is 31.7 Å². The van der Waals surface area contributed by atoms with Gasteiger partial charge < -0.3 is 35.2 Å². The van der Waals surface area contributed by atoms with E-state index in [4.69, 9.17) is 29.7 Å². The van der Waals surface area contributed by atoms with E-state index in [2.05, 4.69) is 0 Å². The van der Waals surface area contributed by atoms with Crippen molar-refractivity contribution in [3.8, 4) is 0 Å². The molecular weight excluding hydrogens is 200 g/mol. The van der Waals surface area contributed by atoms with Crippen LogP contribution < -0.4 is 0 Å². The normalized spacial score (nSPS) is 3.27.